The second-order valence-electron chi connectivity index (χ2n) is 3.31. The maximum absolute atomic E-state index is 11.1. The minimum Gasteiger partial charge on any atom is -0.477 e. The van der Waals surface area contributed by atoms with E-state index >= 15 is 0 Å². The molecule has 0 saturated heterocycles. The van der Waals surface area contributed by atoms with Crippen molar-refractivity contribution in [3.63, 3.8) is 0 Å². The summed E-state index contributed by atoms with van der Waals surface area (Å²) in [6.07, 6.45) is 1.73. The molecule has 0 spiro atoms. The average molecular weight is 426 g/mol. The van der Waals surface area contributed by atoms with Crippen LogP contribution in [0, 0.1) is 3.57 Å². The van der Waals surface area contributed by atoms with Crippen LogP contribution in [0.2, 0.25) is 5.02 Å². The molecule has 0 radical (unpaired) electrons. The maximum Gasteiger partial charge on any atom is 0.352 e. The normalized spacial score (nSPS) is 10.5. The van der Waals surface area contributed by atoms with Crippen LogP contribution in [-0.4, -0.2) is 15.6 Å². The highest BCUT2D eigenvalue weighted by Crippen LogP contribution is 2.27. The van der Waals surface area contributed by atoms with E-state index in [4.69, 9.17) is 16.7 Å². The minimum absolute atomic E-state index is 0.189. The number of nitrogens with zero attached hydrogens (tertiary/aromatic N) is 1. The molecular weight excluding hydrogens is 420 g/mol. The van der Waals surface area contributed by atoms with Crippen molar-refractivity contribution in [2.45, 2.75) is 0 Å². The molecule has 2 aromatic rings. The van der Waals surface area contributed by atoms with Gasteiger partial charge in [0.15, 0.2) is 0 Å². The first-order valence-electron chi connectivity index (χ1n) is 4.55. The standard InChI is InChI=1S/C11H6BrClINO2/c12-6-1-2-8(13)9(3-6)15-5-7(14)4-10(15)11(16)17/h1-5H,(H,16,17). The molecule has 3 nitrogen and oxygen atoms in total. The van der Waals surface area contributed by atoms with Crippen LogP contribution >= 0.6 is 50.1 Å². The first-order chi connectivity index (χ1) is 7.99. The Kier molecular flexibility index (Phi) is 3.79. The van der Waals surface area contributed by atoms with E-state index in [1.807, 2.05) is 0 Å². The molecule has 1 N–H and O–H groups in total. The van der Waals surface area contributed by atoms with Gasteiger partial charge >= 0.3 is 5.97 Å². The lowest BCUT2D eigenvalue weighted by atomic mass is 10.3. The molecular formula is C11H6BrClINO2. The Labute approximate surface area is 125 Å². The van der Waals surface area contributed by atoms with E-state index in [9.17, 15) is 4.79 Å². The number of aromatic nitrogens is 1. The van der Waals surface area contributed by atoms with Crippen LogP contribution in [0.5, 0.6) is 0 Å². The summed E-state index contributed by atoms with van der Waals surface area (Å²) >= 11 is 11.5. The van der Waals surface area contributed by atoms with Gasteiger partial charge < -0.3 is 9.67 Å². The van der Waals surface area contributed by atoms with E-state index in [0.29, 0.717) is 10.7 Å². The lowest BCUT2D eigenvalue weighted by Gasteiger charge is -2.08. The summed E-state index contributed by atoms with van der Waals surface area (Å²) < 4.78 is 3.25. The highest BCUT2D eigenvalue weighted by Gasteiger charge is 2.15. The van der Waals surface area contributed by atoms with Gasteiger partial charge in [-0.25, -0.2) is 4.79 Å². The molecule has 2 rings (SSSR count). The smallest absolute Gasteiger partial charge is 0.352 e. The molecule has 1 aromatic carbocycles. The number of carboxylic acids is 1. The lowest BCUT2D eigenvalue weighted by Crippen LogP contribution is -2.06. The van der Waals surface area contributed by atoms with Crippen LogP contribution in [0.3, 0.4) is 0 Å². The second-order valence-corrected chi connectivity index (χ2v) is 5.88. The molecule has 0 bridgehead atoms. The summed E-state index contributed by atoms with van der Waals surface area (Å²) in [4.78, 5) is 11.1. The van der Waals surface area contributed by atoms with Gasteiger partial charge in [0.2, 0.25) is 0 Å². The molecule has 6 heteroatoms. The zero-order chi connectivity index (χ0) is 12.6. The predicted octanol–water partition coefficient (Wildman–Crippen LogP) is 4.20. The van der Waals surface area contributed by atoms with E-state index in [1.54, 1.807) is 35.0 Å². The third-order valence-corrected chi connectivity index (χ3v) is 3.58. The number of hydrogen-bond donors (Lipinski definition) is 1. The van der Waals surface area contributed by atoms with E-state index < -0.39 is 5.97 Å². The zero-order valence-electron chi connectivity index (χ0n) is 8.32. The Morgan fingerprint density at radius 3 is 2.76 bits per heavy atom. The number of benzene rings is 1. The van der Waals surface area contributed by atoms with Crippen LogP contribution in [0.15, 0.2) is 34.9 Å². The number of carbonyl (C=O) groups is 1. The maximum atomic E-state index is 11.1. The molecule has 0 unspecified atom stereocenters. The third-order valence-electron chi connectivity index (χ3n) is 2.17. The van der Waals surface area contributed by atoms with Crippen LogP contribution in [0.25, 0.3) is 5.69 Å². The zero-order valence-corrected chi connectivity index (χ0v) is 12.8. The van der Waals surface area contributed by atoms with Crippen molar-refractivity contribution in [3.8, 4) is 5.69 Å². The molecule has 17 heavy (non-hydrogen) atoms. The molecule has 0 amide bonds. The Morgan fingerprint density at radius 1 is 1.41 bits per heavy atom. The molecule has 0 saturated carbocycles. The predicted molar refractivity (Wildman–Crippen MR) is 78.2 cm³/mol. The molecule has 0 atom stereocenters. The molecule has 0 fully saturated rings. The highest BCUT2D eigenvalue weighted by molar-refractivity contribution is 14.1. The Bertz CT molecular complexity index is 597. The van der Waals surface area contributed by atoms with Crippen molar-refractivity contribution in [2.24, 2.45) is 0 Å². The van der Waals surface area contributed by atoms with Gasteiger partial charge in [-0.05, 0) is 46.9 Å². The Morgan fingerprint density at radius 2 is 2.12 bits per heavy atom. The molecule has 1 aromatic heterocycles. The third kappa shape index (κ3) is 2.66. The van der Waals surface area contributed by atoms with Crippen molar-refractivity contribution in [2.75, 3.05) is 0 Å². The summed E-state index contributed by atoms with van der Waals surface area (Å²) in [5, 5.41) is 9.62. The topological polar surface area (TPSA) is 42.2 Å². The second kappa shape index (κ2) is 4.99. The van der Waals surface area contributed by atoms with Gasteiger partial charge in [0, 0.05) is 14.2 Å². The molecule has 0 aliphatic rings. The Hall–Kier alpha value is -0.530. The van der Waals surface area contributed by atoms with Crippen molar-refractivity contribution in [1.29, 1.82) is 0 Å². The summed E-state index contributed by atoms with van der Waals surface area (Å²) in [5.41, 5.74) is 0.829. The van der Waals surface area contributed by atoms with Gasteiger partial charge in [-0.2, -0.15) is 0 Å². The van der Waals surface area contributed by atoms with E-state index in [0.717, 1.165) is 8.04 Å². The fourth-order valence-corrected chi connectivity index (χ4v) is 2.60. The van der Waals surface area contributed by atoms with Gasteiger partial charge in [-0.1, -0.05) is 27.5 Å². The van der Waals surface area contributed by atoms with Gasteiger partial charge in [0.05, 0.1) is 10.7 Å². The average Bonchev–Trinajstić information content (AvgIpc) is 2.64. The van der Waals surface area contributed by atoms with E-state index in [2.05, 4.69) is 38.5 Å². The lowest BCUT2D eigenvalue weighted by molar-refractivity contribution is 0.0688. The quantitative estimate of drug-likeness (QED) is 0.732. The SMILES string of the molecule is O=C(O)c1cc(I)cn1-c1cc(Br)ccc1Cl. The molecule has 88 valence electrons. The molecule has 1 heterocycles. The summed E-state index contributed by atoms with van der Waals surface area (Å²) in [5.74, 6) is -0.982. The number of aromatic carboxylic acids is 1. The summed E-state index contributed by atoms with van der Waals surface area (Å²) in [6.45, 7) is 0. The number of hydrogen-bond acceptors (Lipinski definition) is 1. The summed E-state index contributed by atoms with van der Waals surface area (Å²) in [7, 11) is 0. The fourth-order valence-electron chi connectivity index (χ4n) is 1.46. The van der Waals surface area contributed by atoms with Gasteiger partial charge in [-0.3, -0.25) is 0 Å². The van der Waals surface area contributed by atoms with Crippen molar-refractivity contribution < 1.29 is 9.90 Å². The molecule has 0 aliphatic heterocycles. The molecule has 0 aliphatic carbocycles. The van der Waals surface area contributed by atoms with Crippen LogP contribution in [0.1, 0.15) is 10.5 Å². The van der Waals surface area contributed by atoms with Crippen molar-refractivity contribution in [3.05, 3.63) is 49.2 Å². The number of halogens is 3. The highest BCUT2D eigenvalue weighted by atomic mass is 127. The monoisotopic (exact) mass is 425 g/mol. The van der Waals surface area contributed by atoms with Crippen LogP contribution in [0.4, 0.5) is 0 Å². The summed E-state index contributed by atoms with van der Waals surface area (Å²) in [6, 6.07) is 6.91. The Balaban J connectivity index is 2.67. The largest absolute Gasteiger partial charge is 0.477 e. The number of carboxylic acid groups (broad SMARTS) is 1. The van der Waals surface area contributed by atoms with Crippen molar-refractivity contribution >= 4 is 56.1 Å². The van der Waals surface area contributed by atoms with Crippen LogP contribution < -0.4 is 0 Å². The number of rotatable bonds is 2. The van der Waals surface area contributed by atoms with E-state index in [1.165, 1.54) is 0 Å². The minimum atomic E-state index is -0.982. The van der Waals surface area contributed by atoms with Gasteiger partial charge in [0.1, 0.15) is 5.69 Å². The van der Waals surface area contributed by atoms with Crippen molar-refractivity contribution in [1.82, 2.24) is 4.57 Å². The first-order valence-corrected chi connectivity index (χ1v) is 6.80. The van der Waals surface area contributed by atoms with E-state index in [-0.39, 0.29) is 5.69 Å². The van der Waals surface area contributed by atoms with Gasteiger partial charge in [0.25, 0.3) is 0 Å². The first kappa shape index (κ1) is 12.9. The fraction of sp³-hybridized carbons (Fsp3) is 0. The van der Waals surface area contributed by atoms with Gasteiger partial charge in [-0.15, -0.1) is 0 Å². The van der Waals surface area contributed by atoms with Crippen LogP contribution in [-0.2, 0) is 0 Å².